The normalized spacial score (nSPS) is 41.2. The third-order valence-electron chi connectivity index (χ3n) is 3.41. The fourth-order valence-electron chi connectivity index (χ4n) is 2.25. The third kappa shape index (κ3) is 2.87. The van der Waals surface area contributed by atoms with Gasteiger partial charge < -0.3 is 14.8 Å². The molecule has 2 rings (SSSR count). The van der Waals surface area contributed by atoms with Gasteiger partial charge in [-0.1, -0.05) is 6.92 Å². The Hall–Kier alpha value is 0.230. The average Bonchev–Trinajstić information content (AvgIpc) is 2.85. The van der Waals surface area contributed by atoms with Crippen molar-refractivity contribution in [3.8, 4) is 0 Å². The van der Waals surface area contributed by atoms with Crippen molar-refractivity contribution >= 4 is 11.8 Å². The molecule has 2 aliphatic rings. The van der Waals surface area contributed by atoms with Crippen molar-refractivity contribution < 1.29 is 9.47 Å². The number of ether oxygens (including phenoxy) is 2. The molecule has 2 heterocycles. The summed E-state index contributed by atoms with van der Waals surface area (Å²) in [6.07, 6.45) is 2.30. The molecule has 0 aromatic heterocycles. The molecule has 1 N–H and O–H groups in total. The lowest BCUT2D eigenvalue weighted by atomic mass is 10.0. The highest BCUT2D eigenvalue weighted by Gasteiger charge is 2.35. The summed E-state index contributed by atoms with van der Waals surface area (Å²) >= 11 is 2.06. The Balaban J connectivity index is 1.76. The molecule has 2 aliphatic heterocycles. The Labute approximate surface area is 96.3 Å². The Kier molecular flexibility index (Phi) is 3.93. The van der Waals surface area contributed by atoms with Crippen LogP contribution in [0.2, 0.25) is 0 Å². The Bertz CT molecular complexity index is 207. The second-order valence-corrected chi connectivity index (χ2v) is 6.12. The molecule has 3 unspecified atom stereocenters. The van der Waals surface area contributed by atoms with Crippen LogP contribution in [0.1, 0.15) is 19.8 Å². The molecule has 0 bridgehead atoms. The molecule has 2 fully saturated rings. The number of thioether (sulfide) groups is 1. The zero-order valence-corrected chi connectivity index (χ0v) is 10.4. The van der Waals surface area contributed by atoms with Gasteiger partial charge in [-0.2, -0.15) is 11.8 Å². The second-order valence-electron chi connectivity index (χ2n) is 4.65. The summed E-state index contributed by atoms with van der Waals surface area (Å²) in [5.74, 6) is 1.24. The van der Waals surface area contributed by atoms with Gasteiger partial charge in [0.1, 0.15) is 5.60 Å². The maximum absolute atomic E-state index is 5.59. The number of nitrogens with one attached hydrogen (secondary N) is 1. The minimum Gasteiger partial charge on any atom is -0.378 e. The van der Waals surface area contributed by atoms with Crippen LogP contribution in [0, 0.1) is 0 Å². The van der Waals surface area contributed by atoms with E-state index in [0.29, 0.717) is 6.04 Å². The lowest BCUT2D eigenvalue weighted by Gasteiger charge is -2.27. The van der Waals surface area contributed by atoms with Crippen molar-refractivity contribution in [3.63, 3.8) is 0 Å². The average molecular weight is 231 g/mol. The van der Waals surface area contributed by atoms with Crippen molar-refractivity contribution in [2.75, 3.05) is 32.6 Å². The van der Waals surface area contributed by atoms with Gasteiger partial charge >= 0.3 is 0 Å². The summed E-state index contributed by atoms with van der Waals surface area (Å²) in [5, 5.41) is 4.43. The van der Waals surface area contributed by atoms with Crippen LogP contribution in [0.25, 0.3) is 0 Å². The summed E-state index contributed by atoms with van der Waals surface area (Å²) in [4.78, 5) is 0. The second kappa shape index (κ2) is 5.04. The zero-order valence-electron chi connectivity index (χ0n) is 9.62. The van der Waals surface area contributed by atoms with E-state index in [4.69, 9.17) is 9.47 Å². The summed E-state index contributed by atoms with van der Waals surface area (Å²) in [5.41, 5.74) is -0.0590. The standard InChI is InChI=1S/C11H21NO2S/c1-9-5-10(6-15-9)12-7-11(13-2)3-4-14-8-11/h9-10,12H,3-8H2,1-2H3. The first kappa shape index (κ1) is 11.7. The molecule has 0 aromatic rings. The van der Waals surface area contributed by atoms with Crippen molar-refractivity contribution in [1.82, 2.24) is 5.32 Å². The van der Waals surface area contributed by atoms with Crippen LogP contribution in [0.15, 0.2) is 0 Å². The lowest BCUT2D eigenvalue weighted by Crippen LogP contribution is -2.46. The van der Waals surface area contributed by atoms with E-state index in [1.807, 2.05) is 0 Å². The van der Waals surface area contributed by atoms with Gasteiger partial charge in [-0.15, -0.1) is 0 Å². The third-order valence-corrected chi connectivity index (χ3v) is 4.77. The van der Waals surface area contributed by atoms with E-state index >= 15 is 0 Å². The monoisotopic (exact) mass is 231 g/mol. The molecule has 0 saturated carbocycles. The van der Waals surface area contributed by atoms with Crippen molar-refractivity contribution in [2.45, 2.75) is 36.7 Å². The minimum atomic E-state index is -0.0590. The first-order valence-electron chi connectivity index (χ1n) is 5.72. The minimum absolute atomic E-state index is 0.0590. The molecule has 4 heteroatoms. The predicted octanol–water partition coefficient (Wildman–Crippen LogP) is 1.28. The van der Waals surface area contributed by atoms with E-state index in [2.05, 4.69) is 24.0 Å². The summed E-state index contributed by atoms with van der Waals surface area (Å²) in [6.45, 7) is 4.82. The van der Waals surface area contributed by atoms with Crippen LogP contribution < -0.4 is 5.32 Å². The van der Waals surface area contributed by atoms with Gasteiger partial charge in [0.25, 0.3) is 0 Å². The first-order valence-corrected chi connectivity index (χ1v) is 6.77. The van der Waals surface area contributed by atoms with Gasteiger partial charge in [-0.25, -0.2) is 0 Å². The molecule has 3 nitrogen and oxygen atoms in total. The summed E-state index contributed by atoms with van der Waals surface area (Å²) < 4.78 is 11.0. The fraction of sp³-hybridized carbons (Fsp3) is 1.00. The quantitative estimate of drug-likeness (QED) is 0.789. The Morgan fingerprint density at radius 3 is 3.00 bits per heavy atom. The van der Waals surface area contributed by atoms with Crippen LogP contribution >= 0.6 is 11.8 Å². The fourth-order valence-corrected chi connectivity index (χ4v) is 3.43. The topological polar surface area (TPSA) is 30.5 Å². The van der Waals surface area contributed by atoms with E-state index in [9.17, 15) is 0 Å². The number of methoxy groups -OCH3 is 1. The van der Waals surface area contributed by atoms with Gasteiger partial charge in [-0.05, 0) is 6.42 Å². The van der Waals surface area contributed by atoms with Crippen molar-refractivity contribution in [2.24, 2.45) is 0 Å². The van der Waals surface area contributed by atoms with Gasteiger partial charge in [0.05, 0.1) is 6.61 Å². The molecular formula is C11H21NO2S. The van der Waals surface area contributed by atoms with E-state index in [-0.39, 0.29) is 5.60 Å². The van der Waals surface area contributed by atoms with Crippen LogP contribution in [-0.2, 0) is 9.47 Å². The number of hydrogen-bond acceptors (Lipinski definition) is 4. The highest BCUT2D eigenvalue weighted by atomic mass is 32.2. The van der Waals surface area contributed by atoms with E-state index in [0.717, 1.165) is 31.4 Å². The Morgan fingerprint density at radius 2 is 2.47 bits per heavy atom. The SMILES string of the molecule is COC1(CNC2CSC(C)C2)CCOC1. The number of rotatable bonds is 4. The maximum atomic E-state index is 5.59. The van der Waals surface area contributed by atoms with Gasteiger partial charge in [0.15, 0.2) is 0 Å². The highest BCUT2D eigenvalue weighted by molar-refractivity contribution is 8.00. The molecule has 0 aliphatic carbocycles. The summed E-state index contributed by atoms with van der Waals surface area (Å²) in [6, 6.07) is 0.664. The highest BCUT2D eigenvalue weighted by Crippen LogP contribution is 2.27. The smallest absolute Gasteiger partial charge is 0.106 e. The lowest BCUT2D eigenvalue weighted by molar-refractivity contribution is -0.0170. The maximum Gasteiger partial charge on any atom is 0.106 e. The van der Waals surface area contributed by atoms with E-state index in [1.54, 1.807) is 7.11 Å². The van der Waals surface area contributed by atoms with Crippen LogP contribution in [0.5, 0.6) is 0 Å². The van der Waals surface area contributed by atoms with Crippen molar-refractivity contribution in [3.05, 3.63) is 0 Å². The predicted molar refractivity (Wildman–Crippen MR) is 63.5 cm³/mol. The van der Waals surface area contributed by atoms with Gasteiger partial charge in [-0.3, -0.25) is 0 Å². The molecule has 3 atom stereocenters. The molecule has 2 saturated heterocycles. The molecule has 88 valence electrons. The molecule has 0 spiro atoms. The number of hydrogen-bond donors (Lipinski definition) is 1. The largest absolute Gasteiger partial charge is 0.378 e. The molecule has 15 heavy (non-hydrogen) atoms. The zero-order chi connectivity index (χ0) is 10.7. The molecule has 0 amide bonds. The molecule has 0 aromatic carbocycles. The van der Waals surface area contributed by atoms with Gasteiger partial charge in [0, 0.05) is 43.7 Å². The van der Waals surface area contributed by atoms with Crippen LogP contribution in [0.4, 0.5) is 0 Å². The summed E-state index contributed by atoms with van der Waals surface area (Å²) in [7, 11) is 1.79. The van der Waals surface area contributed by atoms with Crippen LogP contribution in [-0.4, -0.2) is 49.5 Å². The van der Waals surface area contributed by atoms with E-state index < -0.39 is 0 Å². The van der Waals surface area contributed by atoms with Crippen LogP contribution in [0.3, 0.4) is 0 Å². The van der Waals surface area contributed by atoms with Gasteiger partial charge in [0.2, 0.25) is 0 Å². The van der Waals surface area contributed by atoms with Crippen molar-refractivity contribution in [1.29, 1.82) is 0 Å². The Morgan fingerprint density at radius 1 is 1.60 bits per heavy atom. The molecule has 0 radical (unpaired) electrons. The first-order chi connectivity index (χ1) is 7.24. The van der Waals surface area contributed by atoms with E-state index in [1.165, 1.54) is 12.2 Å². The molecular weight excluding hydrogens is 210 g/mol.